The lowest BCUT2D eigenvalue weighted by Crippen LogP contribution is -2.24. The van der Waals surface area contributed by atoms with E-state index >= 15 is 0 Å². The zero-order chi connectivity index (χ0) is 17.6. The van der Waals surface area contributed by atoms with E-state index in [4.69, 9.17) is 16.3 Å². The summed E-state index contributed by atoms with van der Waals surface area (Å²) in [6.45, 7) is 0.850. The van der Waals surface area contributed by atoms with Crippen molar-refractivity contribution in [2.45, 2.75) is 13.1 Å². The SMILES string of the molecule is COc1ccc(CNc2cnn(Cc3ccccc3)c(=O)c2Cl)cn1. The van der Waals surface area contributed by atoms with E-state index in [1.807, 2.05) is 36.4 Å². The molecule has 25 heavy (non-hydrogen) atoms. The van der Waals surface area contributed by atoms with Gasteiger partial charge < -0.3 is 10.1 Å². The molecule has 128 valence electrons. The third kappa shape index (κ3) is 4.16. The Morgan fingerprint density at radius 2 is 1.92 bits per heavy atom. The van der Waals surface area contributed by atoms with Crippen LogP contribution in [0, 0.1) is 0 Å². The number of hydrogen-bond acceptors (Lipinski definition) is 5. The van der Waals surface area contributed by atoms with Gasteiger partial charge in [-0.25, -0.2) is 9.67 Å². The van der Waals surface area contributed by atoms with Gasteiger partial charge in [-0.05, 0) is 11.1 Å². The fraction of sp³-hybridized carbons (Fsp3) is 0.167. The Bertz CT molecular complexity index is 895. The van der Waals surface area contributed by atoms with Crippen molar-refractivity contribution in [1.82, 2.24) is 14.8 Å². The van der Waals surface area contributed by atoms with Crippen LogP contribution in [0.15, 0.2) is 59.7 Å². The average molecular weight is 357 g/mol. The molecule has 0 fully saturated rings. The fourth-order valence-corrected chi connectivity index (χ4v) is 2.50. The van der Waals surface area contributed by atoms with Gasteiger partial charge in [0, 0.05) is 18.8 Å². The number of nitrogens with one attached hydrogen (secondary N) is 1. The van der Waals surface area contributed by atoms with Crippen LogP contribution in [0.25, 0.3) is 0 Å². The van der Waals surface area contributed by atoms with Crippen molar-refractivity contribution >= 4 is 17.3 Å². The second-order valence-electron chi connectivity index (χ2n) is 5.38. The molecule has 0 aliphatic rings. The fourth-order valence-electron chi connectivity index (χ4n) is 2.29. The molecule has 0 aliphatic heterocycles. The van der Waals surface area contributed by atoms with E-state index in [0.717, 1.165) is 11.1 Å². The summed E-state index contributed by atoms with van der Waals surface area (Å²) in [6, 6.07) is 13.3. The molecule has 1 N–H and O–H groups in total. The molecule has 2 heterocycles. The predicted molar refractivity (Wildman–Crippen MR) is 97.2 cm³/mol. The van der Waals surface area contributed by atoms with Crippen LogP contribution in [0.5, 0.6) is 5.88 Å². The Balaban J connectivity index is 1.72. The van der Waals surface area contributed by atoms with Crippen molar-refractivity contribution < 1.29 is 4.74 Å². The van der Waals surface area contributed by atoms with E-state index in [1.54, 1.807) is 25.6 Å². The zero-order valence-corrected chi connectivity index (χ0v) is 14.4. The highest BCUT2D eigenvalue weighted by Crippen LogP contribution is 2.17. The molecule has 0 spiro atoms. The first-order valence-electron chi connectivity index (χ1n) is 7.69. The van der Waals surface area contributed by atoms with Crippen LogP contribution in [0.3, 0.4) is 0 Å². The highest BCUT2D eigenvalue weighted by molar-refractivity contribution is 6.32. The van der Waals surface area contributed by atoms with Crippen molar-refractivity contribution in [2.24, 2.45) is 0 Å². The molecule has 0 saturated carbocycles. The summed E-state index contributed by atoms with van der Waals surface area (Å²) in [5, 5.41) is 7.42. The van der Waals surface area contributed by atoms with Crippen LogP contribution < -0.4 is 15.6 Å². The van der Waals surface area contributed by atoms with E-state index < -0.39 is 0 Å². The van der Waals surface area contributed by atoms with Gasteiger partial charge in [-0.15, -0.1) is 0 Å². The van der Waals surface area contributed by atoms with Crippen LogP contribution in [-0.2, 0) is 13.1 Å². The number of methoxy groups -OCH3 is 1. The maximum atomic E-state index is 12.4. The Kier molecular flexibility index (Phi) is 5.30. The van der Waals surface area contributed by atoms with Gasteiger partial charge in [0.05, 0.1) is 25.5 Å². The molecule has 0 atom stereocenters. The predicted octanol–water partition coefficient (Wildman–Crippen LogP) is 2.96. The van der Waals surface area contributed by atoms with Gasteiger partial charge in [0.15, 0.2) is 0 Å². The number of pyridine rings is 1. The summed E-state index contributed by atoms with van der Waals surface area (Å²) in [5.41, 5.74) is 2.08. The number of hydrogen-bond donors (Lipinski definition) is 1. The minimum atomic E-state index is -0.330. The summed E-state index contributed by atoms with van der Waals surface area (Å²) in [7, 11) is 1.57. The maximum Gasteiger partial charge on any atom is 0.287 e. The number of anilines is 1. The lowest BCUT2D eigenvalue weighted by Gasteiger charge is -2.10. The molecular weight excluding hydrogens is 340 g/mol. The number of benzene rings is 1. The standard InChI is InChI=1S/C18H17ClN4O2/c1-25-16-8-7-14(10-21-16)9-20-15-11-22-23(18(24)17(15)19)12-13-5-3-2-4-6-13/h2-8,10-11,20H,9,12H2,1H3. The minimum Gasteiger partial charge on any atom is -0.481 e. The third-order valence-electron chi connectivity index (χ3n) is 3.65. The van der Waals surface area contributed by atoms with Gasteiger partial charge in [0.25, 0.3) is 5.56 Å². The Morgan fingerprint density at radius 3 is 2.60 bits per heavy atom. The monoisotopic (exact) mass is 356 g/mol. The van der Waals surface area contributed by atoms with Crippen LogP contribution in [0.4, 0.5) is 5.69 Å². The molecule has 3 aromatic rings. The van der Waals surface area contributed by atoms with E-state index in [1.165, 1.54) is 4.68 Å². The smallest absolute Gasteiger partial charge is 0.287 e. The highest BCUT2D eigenvalue weighted by Gasteiger charge is 2.09. The third-order valence-corrected chi connectivity index (χ3v) is 4.02. The molecule has 0 unspecified atom stereocenters. The molecule has 3 rings (SSSR count). The van der Waals surface area contributed by atoms with Gasteiger partial charge in [0.2, 0.25) is 5.88 Å². The van der Waals surface area contributed by atoms with Crippen molar-refractivity contribution in [3.8, 4) is 5.88 Å². The summed E-state index contributed by atoms with van der Waals surface area (Å²) in [6.07, 6.45) is 3.26. The average Bonchev–Trinajstić information content (AvgIpc) is 2.66. The second-order valence-corrected chi connectivity index (χ2v) is 5.76. The van der Waals surface area contributed by atoms with Crippen molar-refractivity contribution in [1.29, 1.82) is 0 Å². The first-order valence-corrected chi connectivity index (χ1v) is 8.07. The van der Waals surface area contributed by atoms with Gasteiger partial charge in [-0.2, -0.15) is 5.10 Å². The van der Waals surface area contributed by atoms with Crippen LogP contribution in [-0.4, -0.2) is 21.9 Å². The van der Waals surface area contributed by atoms with Gasteiger partial charge in [0.1, 0.15) is 5.02 Å². The van der Waals surface area contributed by atoms with E-state index in [9.17, 15) is 4.79 Å². The first-order chi connectivity index (χ1) is 12.2. The number of rotatable bonds is 6. The summed E-state index contributed by atoms with van der Waals surface area (Å²) in [5.74, 6) is 0.548. The molecule has 0 bridgehead atoms. The zero-order valence-electron chi connectivity index (χ0n) is 13.6. The van der Waals surface area contributed by atoms with E-state index in [2.05, 4.69) is 15.4 Å². The Morgan fingerprint density at radius 1 is 1.12 bits per heavy atom. The lowest BCUT2D eigenvalue weighted by atomic mass is 10.2. The quantitative estimate of drug-likeness (QED) is 0.735. The molecule has 6 nitrogen and oxygen atoms in total. The highest BCUT2D eigenvalue weighted by atomic mass is 35.5. The van der Waals surface area contributed by atoms with E-state index in [-0.39, 0.29) is 10.6 Å². The number of nitrogens with zero attached hydrogens (tertiary/aromatic N) is 3. The normalized spacial score (nSPS) is 10.5. The van der Waals surface area contributed by atoms with Crippen LogP contribution >= 0.6 is 11.6 Å². The van der Waals surface area contributed by atoms with Gasteiger partial charge in [-0.1, -0.05) is 48.0 Å². The van der Waals surface area contributed by atoms with Crippen molar-refractivity contribution in [2.75, 3.05) is 12.4 Å². The Hall–Kier alpha value is -2.86. The molecular formula is C18H17ClN4O2. The number of ether oxygens (including phenoxy) is 1. The minimum absolute atomic E-state index is 0.118. The topological polar surface area (TPSA) is 69.0 Å². The molecule has 0 aliphatic carbocycles. The van der Waals surface area contributed by atoms with Crippen molar-refractivity contribution in [3.05, 3.63) is 81.4 Å². The van der Waals surface area contributed by atoms with Gasteiger partial charge >= 0.3 is 0 Å². The Labute approximate surface area is 150 Å². The summed E-state index contributed by atoms with van der Waals surface area (Å²) in [4.78, 5) is 16.5. The largest absolute Gasteiger partial charge is 0.481 e. The van der Waals surface area contributed by atoms with Crippen LogP contribution in [0.1, 0.15) is 11.1 Å². The van der Waals surface area contributed by atoms with Crippen molar-refractivity contribution in [3.63, 3.8) is 0 Å². The lowest BCUT2D eigenvalue weighted by molar-refractivity contribution is 0.397. The molecule has 1 aromatic carbocycles. The van der Waals surface area contributed by atoms with E-state index in [0.29, 0.717) is 24.7 Å². The molecule has 2 aromatic heterocycles. The number of aromatic nitrogens is 3. The summed E-state index contributed by atoms with van der Waals surface area (Å²) >= 11 is 6.21. The molecule has 0 saturated heterocycles. The molecule has 0 amide bonds. The number of halogens is 1. The van der Waals surface area contributed by atoms with Gasteiger partial charge in [-0.3, -0.25) is 4.79 Å². The summed E-state index contributed by atoms with van der Waals surface area (Å²) < 4.78 is 6.37. The van der Waals surface area contributed by atoms with Crippen LogP contribution in [0.2, 0.25) is 5.02 Å². The maximum absolute atomic E-state index is 12.4. The molecule has 7 heteroatoms. The first kappa shape index (κ1) is 17.0. The molecule has 0 radical (unpaired) electrons. The second kappa shape index (κ2) is 7.81.